The fraction of sp³-hybridized carbons (Fsp3) is 0. The summed E-state index contributed by atoms with van der Waals surface area (Å²) in [5, 5.41) is 18.4. The molecule has 0 spiro atoms. The Kier molecular flexibility index (Phi) is 2.30. The van der Waals surface area contributed by atoms with Crippen LogP contribution >= 0.6 is 0 Å². The lowest BCUT2D eigenvalue weighted by Gasteiger charge is -2.03. The zero-order valence-corrected chi connectivity index (χ0v) is 7.75. The Hall–Kier alpha value is -2.41. The molecular weight excluding hydrogens is 190 g/mol. The zero-order valence-electron chi connectivity index (χ0n) is 7.75. The second-order valence-corrected chi connectivity index (χ2v) is 2.88. The lowest BCUT2D eigenvalue weighted by atomic mass is 10.1. The molecule has 0 aliphatic carbocycles. The SMILES string of the molecule is N#Cc1nccc(-c2ccccn2)c1O. The Labute approximate surface area is 86.5 Å². The van der Waals surface area contributed by atoms with Gasteiger partial charge in [0, 0.05) is 18.0 Å². The van der Waals surface area contributed by atoms with Gasteiger partial charge in [-0.2, -0.15) is 5.26 Å². The Morgan fingerprint density at radius 2 is 2.00 bits per heavy atom. The van der Waals surface area contributed by atoms with Crippen molar-refractivity contribution in [1.29, 1.82) is 5.26 Å². The highest BCUT2D eigenvalue weighted by Gasteiger charge is 2.09. The summed E-state index contributed by atoms with van der Waals surface area (Å²) in [5.74, 6) is -0.126. The zero-order chi connectivity index (χ0) is 10.7. The van der Waals surface area contributed by atoms with E-state index < -0.39 is 0 Å². The Balaban J connectivity index is 2.61. The molecule has 2 aromatic rings. The van der Waals surface area contributed by atoms with Crippen molar-refractivity contribution in [2.75, 3.05) is 0 Å². The molecule has 0 aromatic carbocycles. The van der Waals surface area contributed by atoms with Crippen LogP contribution in [-0.4, -0.2) is 15.1 Å². The molecular formula is C11H7N3O. The van der Waals surface area contributed by atoms with Crippen molar-refractivity contribution >= 4 is 0 Å². The molecule has 72 valence electrons. The highest BCUT2D eigenvalue weighted by atomic mass is 16.3. The summed E-state index contributed by atoms with van der Waals surface area (Å²) < 4.78 is 0. The predicted octanol–water partition coefficient (Wildman–Crippen LogP) is 1.72. The van der Waals surface area contributed by atoms with Gasteiger partial charge in [-0.05, 0) is 18.2 Å². The first-order valence-electron chi connectivity index (χ1n) is 4.32. The normalized spacial score (nSPS) is 9.53. The van der Waals surface area contributed by atoms with E-state index in [4.69, 9.17) is 5.26 Å². The molecule has 0 aliphatic heterocycles. The van der Waals surface area contributed by atoms with Crippen molar-refractivity contribution in [1.82, 2.24) is 9.97 Å². The van der Waals surface area contributed by atoms with Gasteiger partial charge in [0.15, 0.2) is 11.4 Å². The number of hydrogen-bond acceptors (Lipinski definition) is 4. The fourth-order valence-corrected chi connectivity index (χ4v) is 1.26. The monoisotopic (exact) mass is 197 g/mol. The molecule has 0 atom stereocenters. The van der Waals surface area contributed by atoms with Crippen LogP contribution in [0.5, 0.6) is 5.75 Å². The minimum absolute atomic E-state index is 0.0122. The van der Waals surface area contributed by atoms with Gasteiger partial charge in [0.2, 0.25) is 0 Å². The summed E-state index contributed by atoms with van der Waals surface area (Å²) in [6, 6.07) is 8.80. The van der Waals surface area contributed by atoms with Crippen LogP contribution in [0.1, 0.15) is 5.69 Å². The quantitative estimate of drug-likeness (QED) is 0.755. The maximum Gasteiger partial charge on any atom is 0.183 e. The summed E-state index contributed by atoms with van der Waals surface area (Å²) in [7, 11) is 0. The summed E-state index contributed by atoms with van der Waals surface area (Å²) >= 11 is 0. The van der Waals surface area contributed by atoms with Crippen molar-refractivity contribution in [3.63, 3.8) is 0 Å². The maximum atomic E-state index is 9.72. The molecule has 2 heterocycles. The molecule has 0 fully saturated rings. The summed E-state index contributed by atoms with van der Waals surface area (Å²) in [4.78, 5) is 7.83. The highest BCUT2D eigenvalue weighted by Crippen LogP contribution is 2.28. The Morgan fingerprint density at radius 1 is 1.13 bits per heavy atom. The van der Waals surface area contributed by atoms with Crippen molar-refractivity contribution in [2.24, 2.45) is 0 Å². The summed E-state index contributed by atoms with van der Waals surface area (Å²) in [6.07, 6.45) is 3.10. The van der Waals surface area contributed by atoms with Gasteiger partial charge < -0.3 is 5.11 Å². The molecule has 2 aromatic heterocycles. The molecule has 2 rings (SSSR count). The lowest BCUT2D eigenvalue weighted by molar-refractivity contribution is 0.472. The summed E-state index contributed by atoms with van der Waals surface area (Å²) in [6.45, 7) is 0. The molecule has 0 saturated carbocycles. The van der Waals surface area contributed by atoms with Gasteiger partial charge in [-0.15, -0.1) is 0 Å². The molecule has 0 unspecified atom stereocenters. The van der Waals surface area contributed by atoms with Crippen molar-refractivity contribution in [3.8, 4) is 23.1 Å². The smallest absolute Gasteiger partial charge is 0.183 e. The van der Waals surface area contributed by atoms with Crippen LogP contribution in [0.4, 0.5) is 0 Å². The standard InChI is InChI=1S/C11H7N3O/c12-7-10-11(15)8(4-6-14-10)9-3-1-2-5-13-9/h1-6,15H. The first-order chi connectivity index (χ1) is 7.33. The van der Waals surface area contributed by atoms with Crippen LogP contribution in [0.25, 0.3) is 11.3 Å². The van der Waals surface area contributed by atoms with E-state index in [2.05, 4.69) is 9.97 Å². The van der Waals surface area contributed by atoms with E-state index in [0.717, 1.165) is 0 Å². The van der Waals surface area contributed by atoms with E-state index in [1.165, 1.54) is 6.20 Å². The number of rotatable bonds is 1. The predicted molar refractivity (Wildman–Crippen MR) is 53.8 cm³/mol. The van der Waals surface area contributed by atoms with Gasteiger partial charge in [-0.25, -0.2) is 4.98 Å². The molecule has 0 saturated heterocycles. The average molecular weight is 197 g/mol. The third-order valence-electron chi connectivity index (χ3n) is 1.97. The molecule has 1 N–H and O–H groups in total. The van der Waals surface area contributed by atoms with Crippen LogP contribution in [-0.2, 0) is 0 Å². The van der Waals surface area contributed by atoms with E-state index in [1.54, 1.807) is 24.4 Å². The fourth-order valence-electron chi connectivity index (χ4n) is 1.26. The molecule has 0 aliphatic rings. The largest absolute Gasteiger partial charge is 0.504 e. The van der Waals surface area contributed by atoms with Crippen molar-refractivity contribution < 1.29 is 5.11 Å². The van der Waals surface area contributed by atoms with Crippen LogP contribution in [0.3, 0.4) is 0 Å². The van der Waals surface area contributed by atoms with E-state index in [0.29, 0.717) is 11.3 Å². The van der Waals surface area contributed by atoms with E-state index in [1.807, 2.05) is 12.1 Å². The van der Waals surface area contributed by atoms with Gasteiger partial charge >= 0.3 is 0 Å². The first-order valence-corrected chi connectivity index (χ1v) is 4.32. The molecule has 0 bridgehead atoms. The van der Waals surface area contributed by atoms with E-state index in [-0.39, 0.29) is 11.4 Å². The molecule has 4 heteroatoms. The van der Waals surface area contributed by atoms with Gasteiger partial charge in [0.25, 0.3) is 0 Å². The van der Waals surface area contributed by atoms with Crippen LogP contribution in [0.15, 0.2) is 36.7 Å². The number of aromatic nitrogens is 2. The number of nitrogens with zero attached hydrogens (tertiary/aromatic N) is 3. The van der Waals surface area contributed by atoms with Crippen molar-refractivity contribution in [3.05, 3.63) is 42.4 Å². The minimum Gasteiger partial charge on any atom is -0.504 e. The van der Waals surface area contributed by atoms with Crippen LogP contribution < -0.4 is 0 Å². The number of aromatic hydroxyl groups is 1. The molecule has 0 radical (unpaired) electrons. The minimum atomic E-state index is -0.126. The third kappa shape index (κ3) is 1.63. The third-order valence-corrected chi connectivity index (χ3v) is 1.97. The van der Waals surface area contributed by atoms with Crippen molar-refractivity contribution in [2.45, 2.75) is 0 Å². The van der Waals surface area contributed by atoms with Crippen LogP contribution in [0.2, 0.25) is 0 Å². The molecule has 4 nitrogen and oxygen atoms in total. The maximum absolute atomic E-state index is 9.72. The Bertz CT molecular complexity index is 517. The van der Waals surface area contributed by atoms with E-state index >= 15 is 0 Å². The Morgan fingerprint density at radius 3 is 2.67 bits per heavy atom. The topological polar surface area (TPSA) is 69.8 Å². The highest BCUT2D eigenvalue weighted by molar-refractivity contribution is 5.68. The van der Waals surface area contributed by atoms with Gasteiger partial charge in [-0.3, -0.25) is 4.98 Å². The number of pyridine rings is 2. The van der Waals surface area contributed by atoms with E-state index in [9.17, 15) is 5.11 Å². The van der Waals surface area contributed by atoms with Gasteiger partial charge in [-0.1, -0.05) is 6.07 Å². The molecule has 0 amide bonds. The summed E-state index contributed by atoms with van der Waals surface area (Å²) in [5.41, 5.74) is 1.15. The van der Waals surface area contributed by atoms with Crippen LogP contribution in [0, 0.1) is 11.3 Å². The second-order valence-electron chi connectivity index (χ2n) is 2.88. The lowest BCUT2D eigenvalue weighted by Crippen LogP contribution is -1.88. The molecule has 15 heavy (non-hydrogen) atoms. The second kappa shape index (κ2) is 3.76. The number of hydrogen-bond donors (Lipinski definition) is 1. The van der Waals surface area contributed by atoms with Gasteiger partial charge in [0.05, 0.1) is 5.69 Å². The average Bonchev–Trinajstić information content (AvgIpc) is 2.30. The first kappa shape index (κ1) is 9.16. The number of nitriles is 1. The van der Waals surface area contributed by atoms with Gasteiger partial charge in [0.1, 0.15) is 6.07 Å².